The van der Waals surface area contributed by atoms with Crippen molar-refractivity contribution in [3.8, 4) is 0 Å². The zero-order valence-corrected chi connectivity index (χ0v) is 11.8. The molecule has 0 radical (unpaired) electrons. The van der Waals surface area contributed by atoms with E-state index >= 15 is 0 Å². The molecule has 1 aliphatic heterocycles. The van der Waals surface area contributed by atoms with Crippen LogP contribution in [0.1, 0.15) is 6.92 Å². The van der Waals surface area contributed by atoms with Gasteiger partial charge < -0.3 is 10.0 Å². The van der Waals surface area contributed by atoms with Crippen molar-refractivity contribution in [2.45, 2.75) is 13.0 Å². The first-order valence-electron chi connectivity index (χ1n) is 5.91. The SMILES string of the molecule is C[C@@H](NCC(=O)N1CCN(S(C)(=O)=O)CC1)C(=O)O. The molecule has 110 valence electrons. The average molecular weight is 293 g/mol. The van der Waals surface area contributed by atoms with Crippen molar-refractivity contribution < 1.29 is 23.1 Å². The molecule has 2 N–H and O–H groups in total. The highest BCUT2D eigenvalue weighted by Crippen LogP contribution is 2.05. The van der Waals surface area contributed by atoms with Gasteiger partial charge in [-0.2, -0.15) is 4.31 Å². The molecule has 9 heteroatoms. The predicted octanol–water partition coefficient (Wildman–Crippen LogP) is -1.85. The zero-order valence-electron chi connectivity index (χ0n) is 11.0. The standard InChI is InChI=1S/C10H19N3O5S/c1-8(10(15)16)11-7-9(14)12-3-5-13(6-4-12)19(2,17)18/h8,11H,3-7H2,1-2H3,(H,15,16)/t8-/m1/s1. The molecule has 19 heavy (non-hydrogen) atoms. The molecule has 1 rings (SSSR count). The molecule has 0 aromatic heterocycles. The summed E-state index contributed by atoms with van der Waals surface area (Å²) in [6.07, 6.45) is 1.14. The molecule has 0 spiro atoms. The highest BCUT2D eigenvalue weighted by molar-refractivity contribution is 7.88. The van der Waals surface area contributed by atoms with Crippen LogP contribution in [-0.4, -0.2) is 79.6 Å². The summed E-state index contributed by atoms with van der Waals surface area (Å²) < 4.78 is 23.9. The fourth-order valence-corrected chi connectivity index (χ4v) is 2.54. The molecule has 0 unspecified atom stereocenters. The number of carbonyl (C=O) groups excluding carboxylic acids is 1. The molecule has 0 aromatic rings. The minimum atomic E-state index is -3.21. The quantitative estimate of drug-likeness (QED) is 0.616. The van der Waals surface area contributed by atoms with Crippen LogP contribution < -0.4 is 5.32 Å². The first-order valence-corrected chi connectivity index (χ1v) is 7.75. The molecule has 0 saturated carbocycles. The summed E-state index contributed by atoms with van der Waals surface area (Å²) in [4.78, 5) is 23.9. The number of aliphatic carboxylic acids is 1. The van der Waals surface area contributed by atoms with Crippen LogP contribution in [-0.2, 0) is 19.6 Å². The summed E-state index contributed by atoms with van der Waals surface area (Å²) in [6, 6.07) is -0.791. The molecule has 1 fully saturated rings. The maximum Gasteiger partial charge on any atom is 0.320 e. The Morgan fingerprint density at radius 1 is 1.26 bits per heavy atom. The molecule has 0 bridgehead atoms. The largest absolute Gasteiger partial charge is 0.480 e. The number of nitrogens with one attached hydrogen (secondary N) is 1. The average Bonchev–Trinajstić information content (AvgIpc) is 2.34. The van der Waals surface area contributed by atoms with Gasteiger partial charge in [0.1, 0.15) is 6.04 Å². The number of piperazine rings is 1. The molecule has 1 heterocycles. The third-order valence-electron chi connectivity index (χ3n) is 2.99. The minimum Gasteiger partial charge on any atom is -0.480 e. The second kappa shape index (κ2) is 6.31. The van der Waals surface area contributed by atoms with E-state index in [1.54, 1.807) is 0 Å². The van der Waals surface area contributed by atoms with Crippen LogP contribution in [0.5, 0.6) is 0 Å². The number of carboxylic acid groups (broad SMARTS) is 1. The topological polar surface area (TPSA) is 107 Å². The van der Waals surface area contributed by atoms with Gasteiger partial charge in [-0.1, -0.05) is 0 Å². The van der Waals surface area contributed by atoms with Crippen molar-refractivity contribution in [2.24, 2.45) is 0 Å². The summed E-state index contributed by atoms with van der Waals surface area (Å²) >= 11 is 0. The van der Waals surface area contributed by atoms with Crippen molar-refractivity contribution in [2.75, 3.05) is 39.0 Å². The lowest BCUT2D eigenvalue weighted by Gasteiger charge is -2.33. The molecule has 1 aliphatic rings. The first-order chi connectivity index (χ1) is 8.71. The Kier molecular flexibility index (Phi) is 5.27. The number of nitrogens with zero attached hydrogens (tertiary/aromatic N) is 2. The summed E-state index contributed by atoms with van der Waals surface area (Å²) in [5, 5.41) is 11.3. The van der Waals surface area contributed by atoms with Crippen LogP contribution in [0.25, 0.3) is 0 Å². The molecule has 0 aromatic carbocycles. The Morgan fingerprint density at radius 2 is 1.79 bits per heavy atom. The van der Waals surface area contributed by atoms with Crippen molar-refractivity contribution in [3.63, 3.8) is 0 Å². The number of hydrogen-bond donors (Lipinski definition) is 2. The van der Waals surface area contributed by atoms with Crippen molar-refractivity contribution in [1.82, 2.24) is 14.5 Å². The van der Waals surface area contributed by atoms with Gasteiger partial charge in [-0.05, 0) is 6.92 Å². The normalized spacial score (nSPS) is 19.2. The Balaban J connectivity index is 2.39. The third kappa shape index (κ3) is 4.77. The van der Waals surface area contributed by atoms with E-state index in [9.17, 15) is 18.0 Å². The molecular weight excluding hydrogens is 274 g/mol. The molecule has 1 saturated heterocycles. The lowest BCUT2D eigenvalue weighted by Crippen LogP contribution is -2.52. The fraction of sp³-hybridized carbons (Fsp3) is 0.800. The van der Waals surface area contributed by atoms with E-state index in [1.807, 2.05) is 0 Å². The van der Waals surface area contributed by atoms with Crippen molar-refractivity contribution in [3.05, 3.63) is 0 Å². The lowest BCUT2D eigenvalue weighted by molar-refractivity contribution is -0.139. The van der Waals surface area contributed by atoms with Crippen LogP contribution in [0.2, 0.25) is 0 Å². The second-order valence-corrected chi connectivity index (χ2v) is 6.47. The number of carbonyl (C=O) groups is 2. The maximum absolute atomic E-state index is 11.8. The van der Waals surface area contributed by atoms with Gasteiger partial charge in [0.25, 0.3) is 0 Å². The number of rotatable bonds is 5. The molecule has 1 atom stereocenters. The monoisotopic (exact) mass is 293 g/mol. The molecule has 1 amide bonds. The highest BCUT2D eigenvalue weighted by atomic mass is 32.2. The van der Waals surface area contributed by atoms with E-state index in [4.69, 9.17) is 5.11 Å². The van der Waals surface area contributed by atoms with Crippen LogP contribution in [0.15, 0.2) is 0 Å². The number of carboxylic acids is 1. The Labute approximate surface area is 112 Å². The number of sulfonamides is 1. The van der Waals surface area contributed by atoms with Gasteiger partial charge in [-0.25, -0.2) is 8.42 Å². The van der Waals surface area contributed by atoms with E-state index in [0.717, 1.165) is 6.26 Å². The van der Waals surface area contributed by atoms with E-state index in [2.05, 4.69) is 5.32 Å². The van der Waals surface area contributed by atoms with Gasteiger partial charge in [-0.3, -0.25) is 14.9 Å². The number of hydrogen-bond acceptors (Lipinski definition) is 5. The third-order valence-corrected chi connectivity index (χ3v) is 4.29. The van der Waals surface area contributed by atoms with Gasteiger partial charge >= 0.3 is 5.97 Å². The Bertz CT molecular complexity index is 442. The summed E-state index contributed by atoms with van der Waals surface area (Å²) in [7, 11) is -3.21. The highest BCUT2D eigenvalue weighted by Gasteiger charge is 2.26. The van der Waals surface area contributed by atoms with Crippen LogP contribution >= 0.6 is 0 Å². The van der Waals surface area contributed by atoms with Gasteiger partial charge in [0.2, 0.25) is 15.9 Å². The van der Waals surface area contributed by atoms with Crippen molar-refractivity contribution >= 4 is 21.9 Å². The summed E-state index contributed by atoms with van der Waals surface area (Å²) in [5.41, 5.74) is 0. The Morgan fingerprint density at radius 3 is 2.21 bits per heavy atom. The van der Waals surface area contributed by atoms with Gasteiger partial charge in [0.15, 0.2) is 0 Å². The van der Waals surface area contributed by atoms with E-state index in [0.29, 0.717) is 13.1 Å². The van der Waals surface area contributed by atoms with Crippen LogP contribution in [0.3, 0.4) is 0 Å². The second-order valence-electron chi connectivity index (χ2n) is 4.48. The lowest BCUT2D eigenvalue weighted by atomic mass is 10.3. The molecule has 8 nitrogen and oxygen atoms in total. The smallest absolute Gasteiger partial charge is 0.320 e. The Hall–Kier alpha value is -1.19. The van der Waals surface area contributed by atoms with Gasteiger partial charge in [-0.15, -0.1) is 0 Å². The van der Waals surface area contributed by atoms with Crippen LogP contribution in [0, 0.1) is 0 Å². The molecule has 0 aliphatic carbocycles. The van der Waals surface area contributed by atoms with E-state index in [-0.39, 0.29) is 25.5 Å². The predicted molar refractivity (Wildman–Crippen MR) is 68.1 cm³/mol. The number of amides is 1. The van der Waals surface area contributed by atoms with Gasteiger partial charge in [0.05, 0.1) is 12.8 Å². The van der Waals surface area contributed by atoms with Crippen molar-refractivity contribution in [1.29, 1.82) is 0 Å². The van der Waals surface area contributed by atoms with Crippen LogP contribution in [0.4, 0.5) is 0 Å². The zero-order chi connectivity index (χ0) is 14.6. The first kappa shape index (κ1) is 15.9. The summed E-state index contributed by atoms with van der Waals surface area (Å²) in [5.74, 6) is -1.24. The minimum absolute atomic E-state index is 0.0632. The van der Waals surface area contributed by atoms with E-state index in [1.165, 1.54) is 16.1 Å². The fourth-order valence-electron chi connectivity index (χ4n) is 1.71. The molecular formula is C10H19N3O5S. The van der Waals surface area contributed by atoms with E-state index < -0.39 is 22.0 Å². The maximum atomic E-state index is 11.8. The summed E-state index contributed by atoms with van der Waals surface area (Å²) in [6.45, 7) is 2.60. The van der Waals surface area contributed by atoms with Gasteiger partial charge in [0, 0.05) is 26.2 Å².